The van der Waals surface area contributed by atoms with Crippen molar-refractivity contribution in [2.75, 3.05) is 7.11 Å². The van der Waals surface area contributed by atoms with E-state index in [1.54, 1.807) is 7.11 Å². The zero-order valence-corrected chi connectivity index (χ0v) is 10.9. The molecule has 1 aromatic carbocycles. The Labute approximate surface area is 104 Å². The van der Waals surface area contributed by atoms with E-state index in [2.05, 4.69) is 24.4 Å². The lowest BCUT2D eigenvalue weighted by Crippen LogP contribution is -2.36. The highest BCUT2D eigenvalue weighted by Crippen LogP contribution is 2.25. The molecule has 1 saturated carbocycles. The summed E-state index contributed by atoms with van der Waals surface area (Å²) >= 11 is 0. The first-order chi connectivity index (χ1) is 8.31. The van der Waals surface area contributed by atoms with Crippen molar-refractivity contribution in [3.05, 3.63) is 29.8 Å². The molecule has 17 heavy (non-hydrogen) atoms. The third kappa shape index (κ3) is 3.22. The maximum Gasteiger partial charge on any atom is 0.123 e. The average molecular weight is 233 g/mol. The zero-order chi connectivity index (χ0) is 12.1. The fraction of sp³-hybridized carbons (Fsp3) is 0.600. The molecular formula is C15H23NO. The van der Waals surface area contributed by atoms with E-state index in [-0.39, 0.29) is 0 Å². The van der Waals surface area contributed by atoms with Gasteiger partial charge in [0.15, 0.2) is 0 Å². The molecule has 2 unspecified atom stereocenters. The van der Waals surface area contributed by atoms with Crippen molar-refractivity contribution in [1.82, 2.24) is 5.32 Å². The summed E-state index contributed by atoms with van der Waals surface area (Å²) in [5, 5.41) is 3.68. The van der Waals surface area contributed by atoms with Crippen LogP contribution in [0.15, 0.2) is 24.3 Å². The van der Waals surface area contributed by atoms with Gasteiger partial charge in [-0.1, -0.05) is 38.0 Å². The Kier molecular flexibility index (Phi) is 4.43. The van der Waals surface area contributed by atoms with E-state index in [1.165, 1.54) is 31.2 Å². The summed E-state index contributed by atoms with van der Waals surface area (Å²) in [6, 6.07) is 8.93. The molecular weight excluding hydrogens is 210 g/mol. The Morgan fingerprint density at radius 1 is 1.24 bits per heavy atom. The van der Waals surface area contributed by atoms with E-state index < -0.39 is 0 Å². The van der Waals surface area contributed by atoms with Crippen molar-refractivity contribution in [3.63, 3.8) is 0 Å². The normalized spacial score (nSPS) is 24.6. The average Bonchev–Trinajstić information content (AvgIpc) is 2.38. The summed E-state index contributed by atoms with van der Waals surface area (Å²) in [6.45, 7) is 3.28. The first kappa shape index (κ1) is 12.4. The Morgan fingerprint density at radius 2 is 2.00 bits per heavy atom. The van der Waals surface area contributed by atoms with Gasteiger partial charge in [-0.05, 0) is 24.8 Å². The third-order valence-corrected chi connectivity index (χ3v) is 3.86. The van der Waals surface area contributed by atoms with Gasteiger partial charge in [0.25, 0.3) is 0 Å². The van der Waals surface area contributed by atoms with Gasteiger partial charge in [-0.25, -0.2) is 0 Å². The van der Waals surface area contributed by atoms with Crippen molar-refractivity contribution in [2.45, 2.75) is 45.2 Å². The fourth-order valence-corrected chi connectivity index (χ4v) is 2.71. The standard InChI is InChI=1S/C15H23NO/c1-12-7-3-5-9-14(12)16-11-13-8-4-6-10-15(13)17-2/h4,6,8,10,12,14,16H,3,5,7,9,11H2,1-2H3. The predicted octanol–water partition coefficient (Wildman–Crippen LogP) is 3.36. The third-order valence-electron chi connectivity index (χ3n) is 3.86. The Bertz CT molecular complexity index is 351. The van der Waals surface area contributed by atoms with Gasteiger partial charge in [-0.3, -0.25) is 0 Å². The van der Waals surface area contributed by atoms with Crippen molar-refractivity contribution in [3.8, 4) is 5.75 Å². The number of ether oxygens (including phenoxy) is 1. The number of hydrogen-bond acceptors (Lipinski definition) is 2. The lowest BCUT2D eigenvalue weighted by atomic mass is 9.86. The van der Waals surface area contributed by atoms with Crippen LogP contribution < -0.4 is 10.1 Å². The summed E-state index contributed by atoms with van der Waals surface area (Å²) in [7, 11) is 1.74. The topological polar surface area (TPSA) is 21.3 Å². The van der Waals surface area contributed by atoms with Gasteiger partial charge in [0.1, 0.15) is 5.75 Å². The molecule has 1 aliphatic rings. The number of rotatable bonds is 4. The minimum atomic E-state index is 0.675. The first-order valence-electron chi connectivity index (χ1n) is 6.66. The highest BCUT2D eigenvalue weighted by molar-refractivity contribution is 5.33. The molecule has 2 nitrogen and oxygen atoms in total. The summed E-state index contributed by atoms with van der Waals surface area (Å²) < 4.78 is 5.37. The lowest BCUT2D eigenvalue weighted by Gasteiger charge is -2.29. The molecule has 0 saturated heterocycles. The molecule has 1 fully saturated rings. The van der Waals surface area contributed by atoms with Gasteiger partial charge in [-0.15, -0.1) is 0 Å². The SMILES string of the molecule is COc1ccccc1CNC1CCCCC1C. The molecule has 94 valence electrons. The van der Waals surface area contributed by atoms with Crippen LogP contribution in [0.25, 0.3) is 0 Å². The largest absolute Gasteiger partial charge is 0.496 e. The van der Waals surface area contributed by atoms with Crippen molar-refractivity contribution < 1.29 is 4.74 Å². The molecule has 0 amide bonds. The molecule has 1 N–H and O–H groups in total. The van der Waals surface area contributed by atoms with E-state index in [0.29, 0.717) is 6.04 Å². The van der Waals surface area contributed by atoms with Crippen LogP contribution in [0.3, 0.4) is 0 Å². The van der Waals surface area contributed by atoms with Gasteiger partial charge in [0.05, 0.1) is 7.11 Å². The van der Waals surface area contributed by atoms with Gasteiger partial charge in [0, 0.05) is 18.2 Å². The molecule has 2 heteroatoms. The summed E-state index contributed by atoms with van der Waals surface area (Å²) in [4.78, 5) is 0. The van der Waals surface area contributed by atoms with Crippen molar-refractivity contribution >= 4 is 0 Å². The van der Waals surface area contributed by atoms with Crippen LogP contribution in [0.5, 0.6) is 5.75 Å². The van der Waals surface area contributed by atoms with E-state index >= 15 is 0 Å². The minimum Gasteiger partial charge on any atom is -0.496 e. The van der Waals surface area contributed by atoms with Crippen molar-refractivity contribution in [2.24, 2.45) is 5.92 Å². The highest BCUT2D eigenvalue weighted by atomic mass is 16.5. The Hall–Kier alpha value is -1.02. The molecule has 0 bridgehead atoms. The molecule has 2 rings (SSSR count). The summed E-state index contributed by atoms with van der Waals surface area (Å²) in [5.74, 6) is 1.79. The highest BCUT2D eigenvalue weighted by Gasteiger charge is 2.20. The Morgan fingerprint density at radius 3 is 2.76 bits per heavy atom. The van der Waals surface area contributed by atoms with Crippen LogP contribution in [0.4, 0.5) is 0 Å². The lowest BCUT2D eigenvalue weighted by molar-refractivity contribution is 0.278. The van der Waals surface area contributed by atoms with Crippen molar-refractivity contribution in [1.29, 1.82) is 0 Å². The van der Waals surface area contributed by atoms with Crippen LogP contribution in [0, 0.1) is 5.92 Å². The quantitative estimate of drug-likeness (QED) is 0.861. The van der Waals surface area contributed by atoms with Crippen LogP contribution >= 0.6 is 0 Å². The maximum absolute atomic E-state index is 5.37. The van der Waals surface area contributed by atoms with Gasteiger partial charge < -0.3 is 10.1 Å². The molecule has 1 aromatic rings. The summed E-state index contributed by atoms with van der Waals surface area (Å²) in [6.07, 6.45) is 5.45. The van der Waals surface area contributed by atoms with E-state index in [4.69, 9.17) is 4.74 Å². The molecule has 0 aromatic heterocycles. The number of nitrogens with one attached hydrogen (secondary N) is 1. The predicted molar refractivity (Wildman–Crippen MR) is 71.3 cm³/mol. The maximum atomic E-state index is 5.37. The fourth-order valence-electron chi connectivity index (χ4n) is 2.71. The van der Waals surface area contributed by atoms with E-state index in [9.17, 15) is 0 Å². The smallest absolute Gasteiger partial charge is 0.123 e. The molecule has 2 atom stereocenters. The van der Waals surface area contributed by atoms with E-state index in [1.807, 2.05) is 12.1 Å². The second-order valence-corrected chi connectivity index (χ2v) is 5.06. The van der Waals surface area contributed by atoms with Crippen LogP contribution in [-0.2, 0) is 6.54 Å². The second-order valence-electron chi connectivity index (χ2n) is 5.06. The Balaban J connectivity index is 1.92. The molecule has 0 heterocycles. The number of para-hydroxylation sites is 1. The molecule has 0 radical (unpaired) electrons. The molecule has 1 aliphatic carbocycles. The monoisotopic (exact) mass is 233 g/mol. The number of benzene rings is 1. The van der Waals surface area contributed by atoms with Crippen LogP contribution in [-0.4, -0.2) is 13.2 Å². The second kappa shape index (κ2) is 6.06. The molecule has 0 spiro atoms. The van der Waals surface area contributed by atoms with E-state index in [0.717, 1.165) is 18.2 Å². The zero-order valence-electron chi connectivity index (χ0n) is 10.9. The van der Waals surface area contributed by atoms with Gasteiger partial charge in [-0.2, -0.15) is 0 Å². The first-order valence-corrected chi connectivity index (χ1v) is 6.66. The number of methoxy groups -OCH3 is 1. The summed E-state index contributed by atoms with van der Waals surface area (Å²) in [5.41, 5.74) is 1.26. The van der Waals surface area contributed by atoms with Crippen LogP contribution in [0.1, 0.15) is 38.2 Å². The van der Waals surface area contributed by atoms with Gasteiger partial charge in [0.2, 0.25) is 0 Å². The minimum absolute atomic E-state index is 0.675. The van der Waals surface area contributed by atoms with Crippen LogP contribution in [0.2, 0.25) is 0 Å². The number of hydrogen-bond donors (Lipinski definition) is 1. The molecule has 0 aliphatic heterocycles. The van der Waals surface area contributed by atoms with Gasteiger partial charge >= 0.3 is 0 Å².